The van der Waals surface area contributed by atoms with Crippen molar-refractivity contribution in [3.8, 4) is 17.1 Å². The van der Waals surface area contributed by atoms with E-state index in [1.807, 2.05) is 38.1 Å². The monoisotopic (exact) mass is 369 g/mol. The van der Waals surface area contributed by atoms with Gasteiger partial charge in [0.25, 0.3) is 5.91 Å². The quantitative estimate of drug-likeness (QED) is 0.688. The molecule has 27 heavy (non-hydrogen) atoms. The number of amides is 1. The molecule has 140 valence electrons. The summed E-state index contributed by atoms with van der Waals surface area (Å²) in [7, 11) is 0. The maximum absolute atomic E-state index is 13.0. The molecule has 0 saturated heterocycles. The van der Waals surface area contributed by atoms with Crippen LogP contribution in [0.2, 0.25) is 0 Å². The van der Waals surface area contributed by atoms with Gasteiger partial charge in [0, 0.05) is 5.56 Å². The molecule has 0 saturated carbocycles. The Kier molecular flexibility index (Phi) is 5.80. The zero-order chi connectivity index (χ0) is 19.2. The number of benzene rings is 2. The molecule has 0 aliphatic carbocycles. The highest BCUT2D eigenvalue weighted by atomic mass is 19.1. The molecule has 1 aromatic heterocycles. The third kappa shape index (κ3) is 4.91. The molecule has 0 radical (unpaired) electrons. The van der Waals surface area contributed by atoms with Crippen molar-refractivity contribution in [3.63, 3.8) is 0 Å². The molecule has 0 aliphatic heterocycles. The Morgan fingerprint density at radius 2 is 2.04 bits per heavy atom. The molecule has 0 aliphatic rings. The molecule has 3 rings (SSSR count). The fraction of sp³-hybridized carbons (Fsp3) is 0.250. The van der Waals surface area contributed by atoms with Gasteiger partial charge in [-0.05, 0) is 43.7 Å². The molecule has 0 bridgehead atoms. The third-order valence-electron chi connectivity index (χ3n) is 3.91. The van der Waals surface area contributed by atoms with Crippen molar-refractivity contribution in [2.24, 2.45) is 0 Å². The van der Waals surface area contributed by atoms with Gasteiger partial charge in [0.05, 0.1) is 6.54 Å². The van der Waals surface area contributed by atoms with Crippen LogP contribution in [0.3, 0.4) is 0 Å². The van der Waals surface area contributed by atoms with Gasteiger partial charge < -0.3 is 14.6 Å². The van der Waals surface area contributed by atoms with Crippen LogP contribution < -0.4 is 10.1 Å². The highest BCUT2D eigenvalue weighted by molar-refractivity contribution is 5.80. The topological polar surface area (TPSA) is 77.2 Å². The van der Waals surface area contributed by atoms with Gasteiger partial charge >= 0.3 is 0 Å². The van der Waals surface area contributed by atoms with Crippen molar-refractivity contribution < 1.29 is 18.4 Å². The molecule has 0 spiro atoms. The van der Waals surface area contributed by atoms with E-state index in [0.29, 0.717) is 23.9 Å². The van der Waals surface area contributed by atoms with Crippen molar-refractivity contribution in [2.45, 2.75) is 32.9 Å². The highest BCUT2D eigenvalue weighted by Gasteiger charge is 2.19. The molecule has 6 nitrogen and oxygen atoms in total. The Balaban J connectivity index is 1.58. The van der Waals surface area contributed by atoms with Gasteiger partial charge in [0.2, 0.25) is 11.7 Å². The van der Waals surface area contributed by atoms with Crippen molar-refractivity contribution in [1.29, 1.82) is 0 Å². The fourth-order valence-corrected chi connectivity index (χ4v) is 2.50. The normalized spacial score (nSPS) is 11.8. The zero-order valence-corrected chi connectivity index (χ0v) is 15.1. The molecule has 7 heteroatoms. The lowest BCUT2D eigenvalue weighted by Gasteiger charge is -2.16. The Bertz CT molecular complexity index is 909. The first-order valence-electron chi connectivity index (χ1n) is 8.64. The van der Waals surface area contributed by atoms with E-state index in [1.165, 1.54) is 24.3 Å². The van der Waals surface area contributed by atoms with E-state index in [2.05, 4.69) is 15.5 Å². The molecule has 1 atom stereocenters. The van der Waals surface area contributed by atoms with E-state index in [-0.39, 0.29) is 18.3 Å². The first-order valence-corrected chi connectivity index (χ1v) is 8.64. The largest absolute Gasteiger partial charge is 0.481 e. The van der Waals surface area contributed by atoms with Crippen molar-refractivity contribution in [2.75, 3.05) is 0 Å². The Hall–Kier alpha value is -3.22. The Morgan fingerprint density at radius 3 is 2.74 bits per heavy atom. The number of aryl methyl sites for hydroxylation is 1. The van der Waals surface area contributed by atoms with Crippen LogP contribution in [0.25, 0.3) is 11.4 Å². The number of carbonyl (C=O) groups excluding carboxylic acids is 1. The van der Waals surface area contributed by atoms with E-state index in [4.69, 9.17) is 9.26 Å². The lowest BCUT2D eigenvalue weighted by atomic mass is 10.1. The second-order valence-electron chi connectivity index (χ2n) is 6.07. The first kappa shape index (κ1) is 18.6. The van der Waals surface area contributed by atoms with Gasteiger partial charge in [0.1, 0.15) is 11.6 Å². The molecule has 0 fully saturated rings. The minimum Gasteiger partial charge on any atom is -0.481 e. The Morgan fingerprint density at radius 1 is 1.26 bits per heavy atom. The van der Waals surface area contributed by atoms with Gasteiger partial charge in [0.15, 0.2) is 6.10 Å². The van der Waals surface area contributed by atoms with Gasteiger partial charge in [-0.2, -0.15) is 4.98 Å². The SMILES string of the molecule is CC[C@H](Oc1ccc(F)cc1)C(=O)NCc1nc(-c2cccc(C)c2)no1. The number of aromatic nitrogens is 2. The zero-order valence-electron chi connectivity index (χ0n) is 15.1. The number of rotatable bonds is 7. The van der Waals surface area contributed by atoms with Crippen molar-refractivity contribution in [3.05, 3.63) is 65.8 Å². The second kappa shape index (κ2) is 8.44. The minimum atomic E-state index is -0.699. The lowest BCUT2D eigenvalue weighted by Crippen LogP contribution is -2.37. The van der Waals surface area contributed by atoms with Crippen LogP contribution in [0.5, 0.6) is 5.75 Å². The summed E-state index contributed by atoms with van der Waals surface area (Å²) in [6.45, 7) is 3.91. The predicted octanol–water partition coefficient (Wildman–Crippen LogP) is 3.66. The number of nitrogens with one attached hydrogen (secondary N) is 1. The summed E-state index contributed by atoms with van der Waals surface area (Å²) in [6, 6.07) is 13.3. The minimum absolute atomic E-state index is 0.0981. The van der Waals surface area contributed by atoms with Crippen LogP contribution >= 0.6 is 0 Å². The van der Waals surface area contributed by atoms with E-state index >= 15 is 0 Å². The first-order chi connectivity index (χ1) is 13.0. The summed E-state index contributed by atoms with van der Waals surface area (Å²) in [6.07, 6.45) is -0.240. The van der Waals surface area contributed by atoms with Crippen LogP contribution in [0.15, 0.2) is 53.1 Å². The van der Waals surface area contributed by atoms with Crippen LogP contribution in [-0.2, 0) is 11.3 Å². The average Bonchev–Trinajstić information content (AvgIpc) is 3.15. The Labute approximate surface area is 156 Å². The lowest BCUT2D eigenvalue weighted by molar-refractivity contribution is -0.128. The van der Waals surface area contributed by atoms with Crippen LogP contribution in [0.4, 0.5) is 4.39 Å². The van der Waals surface area contributed by atoms with Crippen molar-refractivity contribution in [1.82, 2.24) is 15.5 Å². The molecule has 2 aromatic carbocycles. The molecule has 1 N–H and O–H groups in total. The van der Waals surface area contributed by atoms with E-state index in [1.54, 1.807) is 0 Å². The third-order valence-corrected chi connectivity index (χ3v) is 3.91. The number of nitrogens with zero attached hydrogens (tertiary/aromatic N) is 2. The van der Waals surface area contributed by atoms with Crippen LogP contribution in [0, 0.1) is 12.7 Å². The number of ether oxygens (including phenoxy) is 1. The van der Waals surface area contributed by atoms with Crippen molar-refractivity contribution >= 4 is 5.91 Å². The van der Waals surface area contributed by atoms with Gasteiger partial charge in [-0.1, -0.05) is 35.8 Å². The maximum atomic E-state index is 13.0. The predicted molar refractivity (Wildman–Crippen MR) is 97.4 cm³/mol. The number of halogens is 1. The summed E-state index contributed by atoms with van der Waals surface area (Å²) >= 11 is 0. The standard InChI is InChI=1S/C20H20FN3O3/c1-3-17(26-16-9-7-15(21)8-10-16)20(25)22-12-18-23-19(24-27-18)14-6-4-5-13(2)11-14/h4-11,17H,3,12H2,1-2H3,(H,22,25)/t17-/m0/s1. The number of hydrogen-bond acceptors (Lipinski definition) is 5. The molecule has 3 aromatic rings. The van der Waals surface area contributed by atoms with E-state index in [9.17, 15) is 9.18 Å². The summed E-state index contributed by atoms with van der Waals surface area (Å²) in [4.78, 5) is 16.6. The smallest absolute Gasteiger partial charge is 0.261 e. The van der Waals surface area contributed by atoms with Crippen LogP contribution in [-0.4, -0.2) is 22.2 Å². The average molecular weight is 369 g/mol. The summed E-state index contributed by atoms with van der Waals surface area (Å²) in [5, 5.41) is 6.67. The van der Waals surface area contributed by atoms with E-state index < -0.39 is 6.10 Å². The molecule has 1 amide bonds. The summed E-state index contributed by atoms with van der Waals surface area (Å²) in [5.74, 6) is 0.532. The second-order valence-corrected chi connectivity index (χ2v) is 6.07. The maximum Gasteiger partial charge on any atom is 0.261 e. The number of hydrogen-bond donors (Lipinski definition) is 1. The molecular weight excluding hydrogens is 349 g/mol. The number of carbonyl (C=O) groups is 1. The van der Waals surface area contributed by atoms with Gasteiger partial charge in [-0.15, -0.1) is 0 Å². The molecule has 1 heterocycles. The highest BCUT2D eigenvalue weighted by Crippen LogP contribution is 2.17. The van der Waals surface area contributed by atoms with Gasteiger partial charge in [-0.3, -0.25) is 4.79 Å². The van der Waals surface area contributed by atoms with Gasteiger partial charge in [-0.25, -0.2) is 4.39 Å². The summed E-state index contributed by atoms with van der Waals surface area (Å²) in [5.41, 5.74) is 1.94. The van der Waals surface area contributed by atoms with Crippen LogP contribution in [0.1, 0.15) is 24.8 Å². The fourth-order valence-electron chi connectivity index (χ4n) is 2.50. The summed E-state index contributed by atoms with van der Waals surface area (Å²) < 4.78 is 23.8. The molecule has 0 unspecified atom stereocenters. The van der Waals surface area contributed by atoms with E-state index in [0.717, 1.165) is 11.1 Å². The molecular formula is C20H20FN3O3.